The Morgan fingerprint density at radius 3 is 2.43 bits per heavy atom. The smallest absolute Gasteiger partial charge is 0.408 e. The van der Waals surface area contributed by atoms with Gasteiger partial charge in [0.15, 0.2) is 0 Å². The molecule has 0 spiro atoms. The molecular formula is C17H24BrNO4. The van der Waals surface area contributed by atoms with Crippen LogP contribution in [0.4, 0.5) is 4.79 Å². The van der Waals surface area contributed by atoms with E-state index >= 15 is 0 Å². The first-order valence-electron chi connectivity index (χ1n) is 7.51. The van der Waals surface area contributed by atoms with E-state index in [1.54, 1.807) is 34.6 Å². The molecule has 6 heteroatoms. The number of esters is 1. The number of amides is 1. The van der Waals surface area contributed by atoms with Crippen LogP contribution in [0.5, 0.6) is 0 Å². The van der Waals surface area contributed by atoms with Gasteiger partial charge in [-0.15, -0.1) is 0 Å². The fraction of sp³-hybridized carbons (Fsp3) is 0.529. The molecule has 0 saturated heterocycles. The van der Waals surface area contributed by atoms with E-state index in [9.17, 15) is 9.59 Å². The van der Waals surface area contributed by atoms with Crippen molar-refractivity contribution in [2.75, 3.05) is 0 Å². The second-order valence-corrected chi connectivity index (χ2v) is 7.41. The lowest BCUT2D eigenvalue weighted by atomic mass is 10.0. The molecule has 0 aliphatic heterocycles. The fourth-order valence-corrected chi connectivity index (χ4v) is 2.32. The maximum atomic E-state index is 12.0. The van der Waals surface area contributed by atoms with Crippen molar-refractivity contribution in [2.24, 2.45) is 0 Å². The van der Waals surface area contributed by atoms with Crippen LogP contribution in [0.15, 0.2) is 28.7 Å². The Hall–Kier alpha value is -1.56. The van der Waals surface area contributed by atoms with Crippen molar-refractivity contribution in [2.45, 2.75) is 58.8 Å². The van der Waals surface area contributed by atoms with Crippen LogP contribution in [0.1, 0.15) is 52.6 Å². The molecule has 0 heterocycles. The van der Waals surface area contributed by atoms with Gasteiger partial charge in [0.2, 0.25) is 0 Å². The van der Waals surface area contributed by atoms with E-state index in [1.807, 2.05) is 24.3 Å². The summed E-state index contributed by atoms with van der Waals surface area (Å²) in [5.41, 5.74) is 0.190. The highest BCUT2D eigenvalue weighted by molar-refractivity contribution is 9.10. The molecule has 5 nitrogen and oxygen atoms in total. The third-order valence-corrected chi connectivity index (χ3v) is 3.17. The monoisotopic (exact) mass is 385 g/mol. The zero-order valence-corrected chi connectivity index (χ0v) is 15.8. The van der Waals surface area contributed by atoms with Gasteiger partial charge < -0.3 is 14.8 Å². The zero-order valence-electron chi connectivity index (χ0n) is 14.2. The molecule has 23 heavy (non-hydrogen) atoms. The highest BCUT2D eigenvalue weighted by atomic mass is 79.9. The molecule has 0 bridgehead atoms. The molecular weight excluding hydrogens is 362 g/mol. The molecule has 0 aliphatic carbocycles. The predicted molar refractivity (Wildman–Crippen MR) is 92.1 cm³/mol. The van der Waals surface area contributed by atoms with Crippen molar-refractivity contribution in [1.29, 1.82) is 0 Å². The van der Waals surface area contributed by atoms with Gasteiger partial charge in [-0.25, -0.2) is 4.79 Å². The van der Waals surface area contributed by atoms with Gasteiger partial charge in [0, 0.05) is 4.47 Å². The van der Waals surface area contributed by atoms with Gasteiger partial charge in [-0.2, -0.15) is 0 Å². The number of rotatable bonds is 5. The fourth-order valence-electron chi connectivity index (χ4n) is 1.90. The lowest BCUT2D eigenvalue weighted by molar-refractivity contribution is -0.147. The largest absolute Gasteiger partial charge is 0.463 e. The van der Waals surface area contributed by atoms with Crippen LogP contribution >= 0.6 is 15.9 Å². The van der Waals surface area contributed by atoms with Crippen LogP contribution in [-0.2, 0) is 14.3 Å². The summed E-state index contributed by atoms with van der Waals surface area (Å²) in [7, 11) is 0. The maximum Gasteiger partial charge on any atom is 0.408 e. The Morgan fingerprint density at radius 2 is 1.91 bits per heavy atom. The van der Waals surface area contributed by atoms with Gasteiger partial charge in [-0.05, 0) is 52.3 Å². The molecule has 1 aromatic carbocycles. The number of hydrogen-bond acceptors (Lipinski definition) is 4. The summed E-state index contributed by atoms with van der Waals surface area (Å²) in [4.78, 5) is 24.0. The van der Waals surface area contributed by atoms with E-state index in [0.29, 0.717) is 0 Å². The number of ether oxygens (including phenoxy) is 2. The minimum atomic E-state index is -0.607. The summed E-state index contributed by atoms with van der Waals surface area (Å²) in [6.07, 6.45) is -0.736. The number of alkyl carbamates (subject to hydrolysis) is 1. The molecule has 0 radical (unpaired) electrons. The molecule has 0 unspecified atom stereocenters. The lowest BCUT2D eigenvalue weighted by Gasteiger charge is -2.24. The average Bonchev–Trinajstić information content (AvgIpc) is 2.34. The molecule has 1 amide bonds. The summed E-state index contributed by atoms with van der Waals surface area (Å²) in [6, 6.07) is 6.89. The number of nitrogens with one attached hydrogen (secondary N) is 1. The van der Waals surface area contributed by atoms with Gasteiger partial charge in [-0.3, -0.25) is 4.79 Å². The number of carbonyl (C=O) groups is 2. The summed E-state index contributed by atoms with van der Waals surface area (Å²) >= 11 is 3.39. The minimum Gasteiger partial charge on any atom is -0.463 e. The Bertz CT molecular complexity index is 552. The van der Waals surface area contributed by atoms with Crippen molar-refractivity contribution in [3.8, 4) is 0 Å². The SMILES string of the molecule is CC(C)OC(=O)C[C@@H](NC(=O)OC(C)(C)C)c1cccc(Br)c1. The molecule has 1 rings (SSSR count). The standard InChI is InChI=1S/C17H24BrNO4/c1-11(2)22-15(20)10-14(12-7-6-8-13(18)9-12)19-16(21)23-17(3,4)5/h6-9,11,14H,10H2,1-5H3,(H,19,21)/t14-/m1/s1. The summed E-state index contributed by atoms with van der Waals surface area (Å²) in [6.45, 7) is 8.93. The van der Waals surface area contributed by atoms with Crippen LogP contribution < -0.4 is 5.32 Å². The quantitative estimate of drug-likeness (QED) is 0.764. The molecule has 0 aliphatic rings. The molecule has 0 fully saturated rings. The third kappa shape index (κ3) is 8.02. The van der Waals surface area contributed by atoms with Gasteiger partial charge >= 0.3 is 12.1 Å². The second-order valence-electron chi connectivity index (χ2n) is 6.50. The van der Waals surface area contributed by atoms with Crippen molar-refractivity contribution < 1.29 is 19.1 Å². The van der Waals surface area contributed by atoms with Crippen LogP contribution in [0.3, 0.4) is 0 Å². The predicted octanol–water partition coefficient (Wildman–Crippen LogP) is 4.36. The van der Waals surface area contributed by atoms with Crippen molar-refractivity contribution in [3.63, 3.8) is 0 Å². The first kappa shape index (κ1) is 19.5. The van der Waals surface area contributed by atoms with Crippen molar-refractivity contribution in [1.82, 2.24) is 5.32 Å². The van der Waals surface area contributed by atoms with E-state index in [-0.39, 0.29) is 18.5 Å². The van der Waals surface area contributed by atoms with Crippen LogP contribution in [0.2, 0.25) is 0 Å². The van der Waals surface area contributed by atoms with E-state index in [4.69, 9.17) is 9.47 Å². The Balaban J connectivity index is 2.88. The summed E-state index contributed by atoms with van der Waals surface area (Å²) in [5, 5.41) is 2.74. The molecule has 0 aromatic heterocycles. The number of halogens is 1. The number of carbonyl (C=O) groups excluding carboxylic acids is 2. The molecule has 1 aromatic rings. The zero-order chi connectivity index (χ0) is 17.6. The summed E-state index contributed by atoms with van der Waals surface area (Å²) < 4.78 is 11.3. The van der Waals surface area contributed by atoms with E-state index < -0.39 is 17.7 Å². The Kier molecular flexibility index (Phi) is 7.06. The minimum absolute atomic E-state index is 0.0356. The lowest BCUT2D eigenvalue weighted by Crippen LogP contribution is -2.36. The topological polar surface area (TPSA) is 64.6 Å². The van der Waals surface area contributed by atoms with Crippen molar-refractivity contribution >= 4 is 28.0 Å². The van der Waals surface area contributed by atoms with Crippen molar-refractivity contribution in [3.05, 3.63) is 34.3 Å². The van der Waals surface area contributed by atoms with E-state index in [2.05, 4.69) is 21.2 Å². The molecule has 1 atom stereocenters. The van der Waals surface area contributed by atoms with Gasteiger partial charge in [0.25, 0.3) is 0 Å². The first-order chi connectivity index (χ1) is 10.6. The van der Waals surface area contributed by atoms with Crippen LogP contribution in [0.25, 0.3) is 0 Å². The van der Waals surface area contributed by atoms with Crippen LogP contribution in [-0.4, -0.2) is 23.8 Å². The third-order valence-electron chi connectivity index (χ3n) is 2.68. The molecule has 1 N–H and O–H groups in total. The van der Waals surface area contributed by atoms with E-state index in [1.165, 1.54) is 0 Å². The highest BCUT2D eigenvalue weighted by Gasteiger charge is 2.23. The van der Waals surface area contributed by atoms with Gasteiger partial charge in [-0.1, -0.05) is 28.1 Å². The second kappa shape index (κ2) is 8.34. The molecule has 0 saturated carbocycles. The van der Waals surface area contributed by atoms with E-state index in [0.717, 1.165) is 10.0 Å². The molecule has 128 valence electrons. The van der Waals surface area contributed by atoms with Crippen LogP contribution in [0, 0.1) is 0 Å². The highest BCUT2D eigenvalue weighted by Crippen LogP contribution is 2.22. The number of benzene rings is 1. The summed E-state index contributed by atoms with van der Waals surface area (Å²) in [5.74, 6) is -0.374. The normalized spacial score (nSPS) is 12.7. The Morgan fingerprint density at radius 1 is 1.26 bits per heavy atom. The Labute approximate surface area is 145 Å². The first-order valence-corrected chi connectivity index (χ1v) is 8.30. The average molecular weight is 386 g/mol. The number of hydrogen-bond donors (Lipinski definition) is 1. The van der Waals surface area contributed by atoms with Gasteiger partial charge in [0.1, 0.15) is 5.60 Å². The maximum absolute atomic E-state index is 12.0. The van der Waals surface area contributed by atoms with Gasteiger partial charge in [0.05, 0.1) is 18.6 Å².